The summed E-state index contributed by atoms with van der Waals surface area (Å²) in [5.74, 6) is 0.190. The Morgan fingerprint density at radius 3 is 2.94 bits per heavy atom. The second kappa shape index (κ2) is 5.49. The predicted molar refractivity (Wildman–Crippen MR) is 62.4 cm³/mol. The van der Waals surface area contributed by atoms with Crippen molar-refractivity contribution in [2.45, 2.75) is 32.2 Å². The molecule has 2 rings (SSSR count). The van der Waals surface area contributed by atoms with E-state index in [1.807, 2.05) is 6.92 Å². The number of hydrogen-bond acceptors (Lipinski definition) is 3. The van der Waals surface area contributed by atoms with Gasteiger partial charge in [0.15, 0.2) is 0 Å². The van der Waals surface area contributed by atoms with Crippen LogP contribution >= 0.6 is 0 Å². The third-order valence-corrected chi connectivity index (χ3v) is 3.46. The number of rotatable bonds is 4. The van der Waals surface area contributed by atoms with Crippen molar-refractivity contribution in [1.29, 1.82) is 0 Å². The average Bonchev–Trinajstić information content (AvgIpc) is 2.36. The van der Waals surface area contributed by atoms with E-state index < -0.39 is 0 Å². The minimum atomic E-state index is -0.202. The van der Waals surface area contributed by atoms with E-state index in [0.29, 0.717) is 19.8 Å². The number of piperazine rings is 1. The van der Waals surface area contributed by atoms with Gasteiger partial charge in [0.05, 0.1) is 13.2 Å². The Bertz CT molecular complexity index is 306. The molecule has 0 saturated carbocycles. The summed E-state index contributed by atoms with van der Waals surface area (Å²) in [4.78, 5) is 27.5. The fourth-order valence-corrected chi connectivity index (χ4v) is 2.54. The van der Waals surface area contributed by atoms with E-state index in [1.54, 1.807) is 9.80 Å². The zero-order valence-corrected chi connectivity index (χ0v) is 10.4. The molecule has 2 saturated heterocycles. The molecular weight excluding hydrogens is 220 g/mol. The van der Waals surface area contributed by atoms with Crippen molar-refractivity contribution in [2.75, 3.05) is 32.8 Å². The predicted octanol–water partition coefficient (Wildman–Crippen LogP) is 0.246. The van der Waals surface area contributed by atoms with Crippen molar-refractivity contribution in [3.63, 3.8) is 0 Å². The second-order valence-corrected chi connectivity index (χ2v) is 4.56. The molecule has 1 atom stereocenters. The van der Waals surface area contributed by atoms with E-state index in [0.717, 1.165) is 25.8 Å². The molecule has 0 aliphatic carbocycles. The number of amides is 2. The van der Waals surface area contributed by atoms with Crippen LogP contribution in [0.3, 0.4) is 0 Å². The van der Waals surface area contributed by atoms with Gasteiger partial charge in [-0.3, -0.25) is 9.59 Å². The number of ether oxygens (including phenoxy) is 1. The minimum absolute atomic E-state index is 0.0887. The van der Waals surface area contributed by atoms with Crippen molar-refractivity contribution in [1.82, 2.24) is 9.80 Å². The lowest BCUT2D eigenvalue weighted by atomic mass is 9.98. The van der Waals surface area contributed by atoms with Gasteiger partial charge in [-0.15, -0.1) is 0 Å². The lowest BCUT2D eigenvalue weighted by Crippen LogP contribution is -2.61. The first-order valence-corrected chi connectivity index (χ1v) is 6.40. The monoisotopic (exact) mass is 240 g/mol. The molecule has 2 aliphatic heterocycles. The van der Waals surface area contributed by atoms with E-state index in [1.165, 1.54) is 0 Å². The number of hydrogen-bond donors (Lipinski definition) is 0. The highest BCUT2D eigenvalue weighted by Gasteiger charge is 2.39. The third-order valence-electron chi connectivity index (χ3n) is 3.46. The summed E-state index contributed by atoms with van der Waals surface area (Å²) in [7, 11) is 0. The van der Waals surface area contributed by atoms with E-state index in [4.69, 9.17) is 4.74 Å². The second-order valence-electron chi connectivity index (χ2n) is 4.56. The molecule has 5 heteroatoms. The van der Waals surface area contributed by atoms with Crippen LogP contribution in [0, 0.1) is 0 Å². The highest BCUT2D eigenvalue weighted by atomic mass is 16.5. The molecule has 0 aromatic heterocycles. The highest BCUT2D eigenvalue weighted by Crippen LogP contribution is 2.22. The molecule has 0 aromatic carbocycles. The van der Waals surface area contributed by atoms with Crippen LogP contribution in [0.15, 0.2) is 0 Å². The Kier molecular flexibility index (Phi) is 3.99. The fourth-order valence-electron chi connectivity index (χ4n) is 2.54. The average molecular weight is 240 g/mol. The van der Waals surface area contributed by atoms with E-state index in [9.17, 15) is 9.59 Å². The van der Waals surface area contributed by atoms with Crippen LogP contribution in [-0.2, 0) is 14.3 Å². The summed E-state index contributed by atoms with van der Waals surface area (Å²) in [5, 5.41) is 0. The van der Waals surface area contributed by atoms with Gasteiger partial charge in [-0.1, -0.05) is 0 Å². The summed E-state index contributed by atoms with van der Waals surface area (Å²) in [6, 6.07) is -0.202. The maximum atomic E-state index is 12.2. The van der Waals surface area contributed by atoms with Gasteiger partial charge in [-0.05, 0) is 26.2 Å². The first-order valence-electron chi connectivity index (χ1n) is 6.40. The standard InChI is InChI=1S/C12H20N2O3/c1-2-17-8-7-13-9-11(15)14-6-4-3-5-10(14)12(13)16/h10H,2-9H2,1H3. The molecule has 0 bridgehead atoms. The van der Waals surface area contributed by atoms with Crippen LogP contribution in [0.1, 0.15) is 26.2 Å². The summed E-state index contributed by atoms with van der Waals surface area (Å²) in [5.41, 5.74) is 0. The van der Waals surface area contributed by atoms with Crippen molar-refractivity contribution in [3.8, 4) is 0 Å². The lowest BCUT2D eigenvalue weighted by Gasteiger charge is -2.42. The van der Waals surface area contributed by atoms with Crippen LogP contribution in [0.5, 0.6) is 0 Å². The van der Waals surface area contributed by atoms with Crippen LogP contribution in [0.2, 0.25) is 0 Å². The summed E-state index contributed by atoms with van der Waals surface area (Å²) >= 11 is 0. The first kappa shape index (κ1) is 12.4. The summed E-state index contributed by atoms with van der Waals surface area (Å²) in [6.45, 7) is 4.58. The zero-order valence-electron chi connectivity index (χ0n) is 10.4. The van der Waals surface area contributed by atoms with Crippen molar-refractivity contribution in [2.24, 2.45) is 0 Å². The molecule has 0 radical (unpaired) electrons. The Labute approximate surface area is 102 Å². The van der Waals surface area contributed by atoms with Gasteiger partial charge in [0.1, 0.15) is 6.04 Å². The molecule has 0 spiro atoms. The summed E-state index contributed by atoms with van der Waals surface area (Å²) < 4.78 is 5.24. The molecule has 2 amide bonds. The van der Waals surface area contributed by atoms with E-state index >= 15 is 0 Å². The zero-order chi connectivity index (χ0) is 12.3. The molecule has 2 fully saturated rings. The summed E-state index contributed by atoms with van der Waals surface area (Å²) in [6.07, 6.45) is 2.88. The molecule has 2 aliphatic rings. The van der Waals surface area contributed by atoms with Crippen LogP contribution in [-0.4, -0.2) is 60.5 Å². The van der Waals surface area contributed by atoms with Gasteiger partial charge >= 0.3 is 0 Å². The topological polar surface area (TPSA) is 49.9 Å². The number of piperidine rings is 1. The Hall–Kier alpha value is -1.10. The van der Waals surface area contributed by atoms with Crippen molar-refractivity contribution in [3.05, 3.63) is 0 Å². The van der Waals surface area contributed by atoms with Gasteiger partial charge in [-0.25, -0.2) is 0 Å². The van der Waals surface area contributed by atoms with Crippen LogP contribution in [0.25, 0.3) is 0 Å². The molecule has 2 heterocycles. The number of carbonyl (C=O) groups is 2. The minimum Gasteiger partial charge on any atom is -0.380 e. The van der Waals surface area contributed by atoms with Crippen molar-refractivity contribution >= 4 is 11.8 Å². The van der Waals surface area contributed by atoms with Gasteiger partial charge in [0.25, 0.3) is 0 Å². The van der Waals surface area contributed by atoms with Gasteiger partial charge in [-0.2, -0.15) is 0 Å². The highest BCUT2D eigenvalue weighted by molar-refractivity contribution is 5.95. The Morgan fingerprint density at radius 1 is 1.35 bits per heavy atom. The maximum absolute atomic E-state index is 12.2. The molecular formula is C12H20N2O3. The first-order chi connectivity index (χ1) is 8.24. The molecule has 96 valence electrons. The maximum Gasteiger partial charge on any atom is 0.245 e. The van der Waals surface area contributed by atoms with Gasteiger partial charge in [0.2, 0.25) is 11.8 Å². The third kappa shape index (κ3) is 2.60. The smallest absolute Gasteiger partial charge is 0.245 e. The van der Waals surface area contributed by atoms with Crippen LogP contribution in [0.4, 0.5) is 0 Å². The normalized spacial score (nSPS) is 25.1. The van der Waals surface area contributed by atoms with E-state index in [-0.39, 0.29) is 24.4 Å². The lowest BCUT2D eigenvalue weighted by molar-refractivity contribution is -0.158. The number of fused-ring (bicyclic) bond motifs is 1. The van der Waals surface area contributed by atoms with Gasteiger partial charge < -0.3 is 14.5 Å². The molecule has 17 heavy (non-hydrogen) atoms. The molecule has 1 unspecified atom stereocenters. The number of nitrogens with zero attached hydrogens (tertiary/aromatic N) is 2. The van der Waals surface area contributed by atoms with Crippen LogP contribution < -0.4 is 0 Å². The molecule has 0 N–H and O–H groups in total. The van der Waals surface area contributed by atoms with Crippen molar-refractivity contribution < 1.29 is 14.3 Å². The molecule has 5 nitrogen and oxygen atoms in total. The van der Waals surface area contributed by atoms with E-state index in [2.05, 4.69) is 0 Å². The largest absolute Gasteiger partial charge is 0.380 e. The van der Waals surface area contributed by atoms with Gasteiger partial charge in [0, 0.05) is 19.7 Å². The Morgan fingerprint density at radius 2 is 2.18 bits per heavy atom. The number of carbonyl (C=O) groups excluding carboxylic acids is 2. The molecule has 0 aromatic rings. The fraction of sp³-hybridized carbons (Fsp3) is 0.833. The quantitative estimate of drug-likeness (QED) is 0.662. The SMILES string of the molecule is CCOCCN1CC(=O)N2CCCCC2C1=O. The Balaban J connectivity index is 1.96.